The van der Waals surface area contributed by atoms with Crippen LogP contribution in [0.2, 0.25) is 0 Å². The number of halogens is 3. The van der Waals surface area contributed by atoms with E-state index in [1.54, 1.807) is 32.0 Å². The number of carbonyl (C=O) groups is 2. The molecule has 5 nitrogen and oxygen atoms in total. The molecule has 0 radical (unpaired) electrons. The van der Waals surface area contributed by atoms with E-state index in [0.29, 0.717) is 11.9 Å². The highest BCUT2D eigenvalue weighted by atomic mass is 32.2. The maximum Gasteiger partial charge on any atom is 0.416 e. The minimum atomic E-state index is -4.52. The summed E-state index contributed by atoms with van der Waals surface area (Å²) in [5.74, 6) is -0.972. The van der Waals surface area contributed by atoms with Gasteiger partial charge in [0.2, 0.25) is 0 Å². The van der Waals surface area contributed by atoms with Gasteiger partial charge in [-0.2, -0.15) is 13.2 Å². The Hall–Kier alpha value is -2.55. The molecule has 0 aliphatic carbocycles. The molecule has 26 heavy (non-hydrogen) atoms. The van der Waals surface area contributed by atoms with Gasteiger partial charge in [-0.3, -0.25) is 14.8 Å². The Balaban J connectivity index is 2.03. The van der Waals surface area contributed by atoms with Crippen molar-refractivity contribution in [3.05, 3.63) is 59.3 Å². The van der Waals surface area contributed by atoms with Crippen LogP contribution < -0.4 is 10.0 Å². The molecular weight excluding hydrogens is 367 g/mol. The van der Waals surface area contributed by atoms with Gasteiger partial charge in [-0.1, -0.05) is 32.0 Å². The summed E-state index contributed by atoms with van der Waals surface area (Å²) >= 11 is 0.591. The van der Waals surface area contributed by atoms with Crippen LogP contribution in [0.4, 0.5) is 18.0 Å². The molecule has 0 spiro atoms. The number of alkyl halides is 3. The zero-order valence-electron chi connectivity index (χ0n) is 13.9. The molecule has 0 aliphatic rings. The molecule has 1 aromatic heterocycles. The van der Waals surface area contributed by atoms with Crippen molar-refractivity contribution in [2.24, 2.45) is 0 Å². The van der Waals surface area contributed by atoms with Crippen LogP contribution in [0, 0.1) is 0 Å². The van der Waals surface area contributed by atoms with Gasteiger partial charge in [0, 0.05) is 23.7 Å². The largest absolute Gasteiger partial charge is 0.416 e. The molecule has 0 saturated heterocycles. The Labute approximate surface area is 152 Å². The van der Waals surface area contributed by atoms with E-state index in [1.807, 2.05) is 0 Å². The molecule has 0 aliphatic heterocycles. The highest BCUT2D eigenvalue weighted by molar-refractivity contribution is 7.97. The number of carbonyl (C=O) groups excluding carboxylic acids is 2. The molecule has 2 rings (SSSR count). The van der Waals surface area contributed by atoms with Crippen molar-refractivity contribution in [2.45, 2.75) is 31.0 Å². The average molecular weight is 383 g/mol. The molecule has 9 heteroatoms. The van der Waals surface area contributed by atoms with Crippen LogP contribution in [0.15, 0.2) is 47.6 Å². The molecule has 138 valence electrons. The third-order valence-electron chi connectivity index (χ3n) is 3.35. The first-order chi connectivity index (χ1) is 12.2. The van der Waals surface area contributed by atoms with E-state index in [-0.39, 0.29) is 22.1 Å². The van der Waals surface area contributed by atoms with Crippen LogP contribution >= 0.6 is 11.9 Å². The van der Waals surface area contributed by atoms with E-state index < -0.39 is 23.7 Å². The molecule has 0 bridgehead atoms. The Bertz CT molecular complexity index is 796. The lowest BCUT2D eigenvalue weighted by Gasteiger charge is -2.16. The van der Waals surface area contributed by atoms with Crippen LogP contribution in [0.1, 0.15) is 41.3 Å². The zero-order chi connectivity index (χ0) is 19.3. The summed E-state index contributed by atoms with van der Waals surface area (Å²) in [7, 11) is 0. The van der Waals surface area contributed by atoms with Crippen LogP contribution in [-0.2, 0) is 6.18 Å². The van der Waals surface area contributed by atoms with Crippen molar-refractivity contribution in [3.63, 3.8) is 0 Å². The van der Waals surface area contributed by atoms with Gasteiger partial charge in [0.25, 0.3) is 5.91 Å². The first-order valence-corrected chi connectivity index (χ1v) is 8.40. The number of hydrogen-bond acceptors (Lipinski definition) is 4. The summed E-state index contributed by atoms with van der Waals surface area (Å²) in [6, 6.07) is 8.07. The summed E-state index contributed by atoms with van der Waals surface area (Å²) < 4.78 is 41.7. The van der Waals surface area contributed by atoms with Gasteiger partial charge in [-0.25, -0.2) is 9.78 Å². The maximum atomic E-state index is 13.2. The van der Waals surface area contributed by atoms with Gasteiger partial charge in [0.1, 0.15) is 5.03 Å². The quantitative estimate of drug-likeness (QED) is 0.769. The third kappa shape index (κ3) is 5.22. The van der Waals surface area contributed by atoms with Gasteiger partial charge in [-0.05, 0) is 29.7 Å². The van der Waals surface area contributed by atoms with E-state index in [9.17, 15) is 22.8 Å². The second-order valence-electron chi connectivity index (χ2n) is 5.62. The molecule has 0 fully saturated rings. The molecule has 1 aromatic carbocycles. The number of amides is 3. The lowest BCUT2D eigenvalue weighted by molar-refractivity contribution is -0.138. The van der Waals surface area contributed by atoms with E-state index >= 15 is 0 Å². The summed E-state index contributed by atoms with van der Waals surface area (Å²) in [6.07, 6.45) is -3.38. The third-order valence-corrected chi connectivity index (χ3v) is 4.07. The van der Waals surface area contributed by atoms with E-state index in [1.165, 1.54) is 12.1 Å². The van der Waals surface area contributed by atoms with Crippen molar-refractivity contribution in [2.75, 3.05) is 0 Å². The number of nitrogens with zero attached hydrogens (tertiary/aromatic N) is 1. The molecule has 3 amide bonds. The lowest BCUT2D eigenvalue weighted by atomic mass is 9.99. The Morgan fingerprint density at radius 3 is 2.38 bits per heavy atom. The number of rotatable bonds is 4. The fraction of sp³-hybridized carbons (Fsp3) is 0.235. The molecular formula is C17H16F3N3O2S. The summed E-state index contributed by atoms with van der Waals surface area (Å²) in [4.78, 5) is 27.5. The maximum absolute atomic E-state index is 13.2. The first-order valence-electron chi connectivity index (χ1n) is 7.59. The molecule has 0 atom stereocenters. The second kappa shape index (κ2) is 8.22. The van der Waals surface area contributed by atoms with Crippen molar-refractivity contribution in [3.8, 4) is 0 Å². The monoisotopic (exact) mass is 383 g/mol. The second-order valence-corrected chi connectivity index (χ2v) is 6.44. The number of hydrogen-bond donors (Lipinski definition) is 2. The number of benzene rings is 1. The van der Waals surface area contributed by atoms with Crippen molar-refractivity contribution >= 4 is 23.9 Å². The fourth-order valence-electron chi connectivity index (χ4n) is 2.10. The normalized spacial score (nSPS) is 11.3. The van der Waals surface area contributed by atoms with Crippen molar-refractivity contribution < 1.29 is 22.8 Å². The number of nitrogens with one attached hydrogen (secondary N) is 2. The SMILES string of the molecule is CC(C)c1cnc(SNC(=O)NC(=O)c2ccccc2)cc1C(F)(F)F. The van der Waals surface area contributed by atoms with Crippen molar-refractivity contribution in [1.82, 2.24) is 15.0 Å². The van der Waals surface area contributed by atoms with Gasteiger partial charge >= 0.3 is 12.2 Å². The smallest absolute Gasteiger partial charge is 0.276 e. The molecule has 2 aromatic rings. The summed E-state index contributed by atoms with van der Waals surface area (Å²) in [5, 5.41) is 2.04. The van der Waals surface area contributed by atoms with Gasteiger partial charge in [0.05, 0.1) is 5.56 Å². The minimum absolute atomic E-state index is 0.0379. The standard InChI is InChI=1S/C17H16F3N3O2S/c1-10(2)12-9-21-14(8-13(12)17(18,19)20)26-23-16(25)22-15(24)11-6-4-3-5-7-11/h3-10H,1-2H3,(H2,22,23,24,25). The first kappa shape index (κ1) is 19.8. The van der Waals surface area contributed by atoms with E-state index in [0.717, 1.165) is 12.3 Å². The van der Waals surface area contributed by atoms with Gasteiger partial charge < -0.3 is 0 Å². The zero-order valence-corrected chi connectivity index (χ0v) is 14.7. The minimum Gasteiger partial charge on any atom is -0.276 e. The van der Waals surface area contributed by atoms with Crippen molar-refractivity contribution in [1.29, 1.82) is 0 Å². The number of aromatic nitrogens is 1. The van der Waals surface area contributed by atoms with Crippen LogP contribution in [-0.4, -0.2) is 16.9 Å². The predicted octanol–water partition coefficient (Wildman–Crippen LogP) is 4.37. The molecule has 2 N–H and O–H groups in total. The number of imide groups is 1. The van der Waals surface area contributed by atoms with Gasteiger partial charge in [-0.15, -0.1) is 0 Å². The molecule has 0 unspecified atom stereocenters. The van der Waals surface area contributed by atoms with E-state index in [2.05, 4.69) is 15.0 Å². The predicted molar refractivity (Wildman–Crippen MR) is 91.6 cm³/mol. The summed E-state index contributed by atoms with van der Waals surface area (Å²) in [6.45, 7) is 3.28. The van der Waals surface area contributed by atoms with Crippen LogP contribution in [0.5, 0.6) is 0 Å². The summed E-state index contributed by atoms with van der Waals surface area (Å²) in [5.41, 5.74) is -0.440. The molecule has 1 heterocycles. The number of pyridine rings is 1. The topological polar surface area (TPSA) is 71.1 Å². The Kier molecular flexibility index (Phi) is 6.25. The Morgan fingerprint density at radius 2 is 1.81 bits per heavy atom. The lowest BCUT2D eigenvalue weighted by Crippen LogP contribution is -2.36. The molecule has 0 saturated carbocycles. The Morgan fingerprint density at radius 1 is 1.15 bits per heavy atom. The average Bonchev–Trinajstić information content (AvgIpc) is 2.59. The van der Waals surface area contributed by atoms with E-state index in [4.69, 9.17) is 0 Å². The highest BCUT2D eigenvalue weighted by Gasteiger charge is 2.34. The van der Waals surface area contributed by atoms with Gasteiger partial charge in [0.15, 0.2) is 0 Å². The number of urea groups is 1. The van der Waals surface area contributed by atoms with Crippen LogP contribution in [0.3, 0.4) is 0 Å². The fourth-order valence-corrected chi connectivity index (χ4v) is 2.63. The highest BCUT2D eigenvalue weighted by Crippen LogP contribution is 2.36. The van der Waals surface area contributed by atoms with Crippen LogP contribution in [0.25, 0.3) is 0 Å².